The van der Waals surface area contributed by atoms with E-state index in [0.29, 0.717) is 16.7 Å². The SMILES string of the molecule is CC(=O)c1cccc(C#Cc2cncc(C#N)c2)c1. The van der Waals surface area contributed by atoms with Gasteiger partial charge in [-0.05, 0) is 25.1 Å². The van der Waals surface area contributed by atoms with Gasteiger partial charge in [-0.25, -0.2) is 0 Å². The maximum absolute atomic E-state index is 11.3. The number of aromatic nitrogens is 1. The first-order chi connectivity index (χ1) is 9.19. The maximum atomic E-state index is 11.3. The van der Waals surface area contributed by atoms with E-state index in [0.717, 1.165) is 5.56 Å². The second-order valence-corrected chi connectivity index (χ2v) is 3.96. The van der Waals surface area contributed by atoms with Crippen molar-refractivity contribution in [2.75, 3.05) is 0 Å². The smallest absolute Gasteiger partial charge is 0.159 e. The van der Waals surface area contributed by atoms with Crippen molar-refractivity contribution in [1.82, 2.24) is 4.98 Å². The van der Waals surface area contributed by atoms with Gasteiger partial charge in [-0.15, -0.1) is 0 Å². The number of carbonyl (C=O) groups excluding carboxylic acids is 1. The van der Waals surface area contributed by atoms with Crippen molar-refractivity contribution < 1.29 is 4.79 Å². The molecule has 0 radical (unpaired) electrons. The Labute approximate surface area is 111 Å². The molecule has 0 aliphatic heterocycles. The van der Waals surface area contributed by atoms with Gasteiger partial charge in [0.2, 0.25) is 0 Å². The summed E-state index contributed by atoms with van der Waals surface area (Å²) in [6.45, 7) is 1.52. The summed E-state index contributed by atoms with van der Waals surface area (Å²) in [5.74, 6) is 5.89. The molecule has 3 heteroatoms. The number of pyridine rings is 1. The van der Waals surface area contributed by atoms with Crippen LogP contribution in [0, 0.1) is 23.2 Å². The molecule has 2 aromatic rings. The van der Waals surface area contributed by atoms with Crippen molar-refractivity contribution in [3.63, 3.8) is 0 Å². The van der Waals surface area contributed by atoms with Crippen molar-refractivity contribution in [2.24, 2.45) is 0 Å². The van der Waals surface area contributed by atoms with E-state index in [1.54, 1.807) is 30.5 Å². The topological polar surface area (TPSA) is 53.8 Å². The van der Waals surface area contributed by atoms with E-state index < -0.39 is 0 Å². The van der Waals surface area contributed by atoms with Crippen LogP contribution in [0.5, 0.6) is 0 Å². The van der Waals surface area contributed by atoms with E-state index in [1.807, 2.05) is 12.1 Å². The predicted octanol–water partition coefficient (Wildman–Crippen LogP) is 2.56. The Kier molecular flexibility index (Phi) is 3.71. The normalized spacial score (nSPS) is 9.05. The Morgan fingerprint density at radius 2 is 1.84 bits per heavy atom. The molecular weight excluding hydrogens is 236 g/mol. The first kappa shape index (κ1) is 12.5. The van der Waals surface area contributed by atoms with Gasteiger partial charge in [0.25, 0.3) is 0 Å². The molecule has 3 nitrogen and oxygen atoms in total. The lowest BCUT2D eigenvalue weighted by atomic mass is 10.1. The number of rotatable bonds is 1. The molecule has 0 N–H and O–H groups in total. The lowest BCUT2D eigenvalue weighted by molar-refractivity contribution is 0.101. The first-order valence-electron chi connectivity index (χ1n) is 5.67. The molecule has 0 fully saturated rings. The quantitative estimate of drug-likeness (QED) is 0.574. The van der Waals surface area contributed by atoms with Crippen molar-refractivity contribution in [3.05, 3.63) is 65.0 Å². The second kappa shape index (κ2) is 5.62. The van der Waals surface area contributed by atoms with Crippen LogP contribution >= 0.6 is 0 Å². The molecule has 1 heterocycles. The highest BCUT2D eigenvalue weighted by Gasteiger charge is 1.98. The summed E-state index contributed by atoms with van der Waals surface area (Å²) in [7, 11) is 0. The molecule has 0 unspecified atom stereocenters. The van der Waals surface area contributed by atoms with E-state index in [9.17, 15) is 4.79 Å². The minimum Gasteiger partial charge on any atom is -0.295 e. The van der Waals surface area contributed by atoms with Crippen LogP contribution in [0.15, 0.2) is 42.7 Å². The number of carbonyl (C=O) groups is 1. The van der Waals surface area contributed by atoms with Crippen molar-refractivity contribution in [1.29, 1.82) is 5.26 Å². The average Bonchev–Trinajstić information content (AvgIpc) is 2.45. The predicted molar refractivity (Wildman–Crippen MR) is 71.4 cm³/mol. The van der Waals surface area contributed by atoms with Gasteiger partial charge >= 0.3 is 0 Å². The molecule has 0 aliphatic rings. The third-order valence-electron chi connectivity index (χ3n) is 2.49. The molecule has 0 spiro atoms. The minimum atomic E-state index is 0.0109. The van der Waals surface area contributed by atoms with Gasteiger partial charge in [-0.1, -0.05) is 24.0 Å². The van der Waals surface area contributed by atoms with Gasteiger partial charge in [0.1, 0.15) is 6.07 Å². The van der Waals surface area contributed by atoms with Gasteiger partial charge in [0.05, 0.1) is 5.56 Å². The highest BCUT2D eigenvalue weighted by atomic mass is 16.1. The molecule has 1 aromatic carbocycles. The second-order valence-electron chi connectivity index (χ2n) is 3.96. The molecule has 0 saturated carbocycles. The van der Waals surface area contributed by atoms with E-state index in [1.165, 1.54) is 13.1 Å². The van der Waals surface area contributed by atoms with Crippen LogP contribution in [0.25, 0.3) is 0 Å². The highest BCUT2D eigenvalue weighted by Crippen LogP contribution is 2.05. The average molecular weight is 246 g/mol. The molecular formula is C16H10N2O. The van der Waals surface area contributed by atoms with Crippen LogP contribution in [-0.4, -0.2) is 10.8 Å². The molecule has 19 heavy (non-hydrogen) atoms. The fraction of sp³-hybridized carbons (Fsp3) is 0.0625. The summed E-state index contributed by atoms with van der Waals surface area (Å²) in [6.07, 6.45) is 3.09. The third-order valence-corrected chi connectivity index (χ3v) is 2.49. The number of Topliss-reactive ketones (excluding diaryl/α,β-unsaturated/α-hetero) is 1. The fourth-order valence-corrected chi connectivity index (χ4v) is 1.53. The Hall–Kier alpha value is -2.91. The zero-order valence-electron chi connectivity index (χ0n) is 10.3. The number of nitriles is 1. The minimum absolute atomic E-state index is 0.0109. The summed E-state index contributed by atoms with van der Waals surface area (Å²) in [5.41, 5.74) is 2.54. The van der Waals surface area contributed by atoms with E-state index in [4.69, 9.17) is 5.26 Å². The fourth-order valence-electron chi connectivity index (χ4n) is 1.53. The summed E-state index contributed by atoms with van der Waals surface area (Å²) >= 11 is 0. The lowest BCUT2D eigenvalue weighted by Gasteiger charge is -1.95. The Bertz CT molecular complexity index is 730. The summed E-state index contributed by atoms with van der Waals surface area (Å²) in [5, 5.41) is 8.77. The maximum Gasteiger partial charge on any atom is 0.159 e. The third kappa shape index (κ3) is 3.28. The zero-order chi connectivity index (χ0) is 13.7. The molecule has 0 aliphatic carbocycles. The van der Waals surface area contributed by atoms with Crippen molar-refractivity contribution >= 4 is 5.78 Å². The molecule has 0 atom stereocenters. The van der Waals surface area contributed by atoms with Gasteiger partial charge < -0.3 is 0 Å². The molecule has 2 rings (SSSR count). The Morgan fingerprint density at radius 3 is 2.58 bits per heavy atom. The number of hydrogen-bond donors (Lipinski definition) is 0. The van der Waals surface area contributed by atoms with Crippen molar-refractivity contribution in [3.8, 4) is 17.9 Å². The van der Waals surface area contributed by atoms with Gasteiger partial charge in [0, 0.05) is 29.1 Å². The van der Waals surface area contributed by atoms with Crippen LogP contribution in [-0.2, 0) is 0 Å². The largest absolute Gasteiger partial charge is 0.295 e. The van der Waals surface area contributed by atoms with E-state index in [-0.39, 0.29) is 5.78 Å². The van der Waals surface area contributed by atoms with Crippen LogP contribution in [0.2, 0.25) is 0 Å². The summed E-state index contributed by atoms with van der Waals surface area (Å²) in [4.78, 5) is 15.2. The molecule has 0 saturated heterocycles. The number of nitrogens with zero attached hydrogens (tertiary/aromatic N) is 2. The standard InChI is InChI=1S/C16H10N2O/c1-12(19)16-4-2-3-13(8-16)5-6-14-7-15(9-17)11-18-10-14/h2-4,7-8,10-11H,1H3. The van der Waals surface area contributed by atoms with Gasteiger partial charge in [0.15, 0.2) is 5.78 Å². The first-order valence-corrected chi connectivity index (χ1v) is 5.67. The van der Waals surface area contributed by atoms with Gasteiger partial charge in [-0.3, -0.25) is 9.78 Å². The highest BCUT2D eigenvalue weighted by molar-refractivity contribution is 5.94. The van der Waals surface area contributed by atoms with Crippen LogP contribution in [0.3, 0.4) is 0 Å². The lowest BCUT2D eigenvalue weighted by Crippen LogP contribution is -1.91. The molecule has 0 bridgehead atoms. The Morgan fingerprint density at radius 1 is 1.11 bits per heavy atom. The zero-order valence-corrected chi connectivity index (χ0v) is 10.3. The van der Waals surface area contributed by atoms with Crippen LogP contribution < -0.4 is 0 Å². The molecule has 1 aromatic heterocycles. The monoisotopic (exact) mass is 246 g/mol. The summed E-state index contributed by atoms with van der Waals surface area (Å²) < 4.78 is 0. The molecule has 90 valence electrons. The number of hydrogen-bond acceptors (Lipinski definition) is 3. The number of ketones is 1. The van der Waals surface area contributed by atoms with E-state index in [2.05, 4.69) is 16.8 Å². The Balaban J connectivity index is 2.31. The summed E-state index contributed by atoms with van der Waals surface area (Å²) in [6, 6.07) is 10.8. The van der Waals surface area contributed by atoms with Crippen LogP contribution in [0.1, 0.15) is 34.0 Å². The number of benzene rings is 1. The molecule has 0 amide bonds. The van der Waals surface area contributed by atoms with Crippen LogP contribution in [0.4, 0.5) is 0 Å². The van der Waals surface area contributed by atoms with E-state index >= 15 is 0 Å². The van der Waals surface area contributed by atoms with Gasteiger partial charge in [-0.2, -0.15) is 5.26 Å². The van der Waals surface area contributed by atoms with Crippen molar-refractivity contribution in [2.45, 2.75) is 6.92 Å².